The van der Waals surface area contributed by atoms with Gasteiger partial charge in [-0.05, 0) is 19.8 Å². The van der Waals surface area contributed by atoms with Crippen molar-refractivity contribution in [2.24, 2.45) is 0 Å². The van der Waals surface area contributed by atoms with E-state index in [4.69, 9.17) is 16.3 Å². The van der Waals surface area contributed by atoms with Gasteiger partial charge in [-0.25, -0.2) is 9.97 Å². The van der Waals surface area contributed by atoms with Crippen molar-refractivity contribution in [2.75, 3.05) is 25.1 Å². The predicted octanol–water partition coefficient (Wildman–Crippen LogP) is 2.41. The van der Waals surface area contributed by atoms with Gasteiger partial charge in [0.05, 0.1) is 23.5 Å². The minimum absolute atomic E-state index is 0.0799. The van der Waals surface area contributed by atoms with Crippen molar-refractivity contribution in [3.63, 3.8) is 0 Å². The minimum Gasteiger partial charge on any atom is -0.377 e. The van der Waals surface area contributed by atoms with E-state index in [9.17, 15) is 4.79 Å². The van der Waals surface area contributed by atoms with Crippen molar-refractivity contribution in [1.82, 2.24) is 20.3 Å². The summed E-state index contributed by atoms with van der Waals surface area (Å²) in [6.45, 7) is 5.45. The molecule has 0 radical (unpaired) electrons. The highest BCUT2D eigenvalue weighted by molar-refractivity contribution is 7.13. The summed E-state index contributed by atoms with van der Waals surface area (Å²) in [4.78, 5) is 26.3. The molecule has 25 heavy (non-hydrogen) atoms. The topological polar surface area (TPSA) is 83.1 Å². The fourth-order valence-corrected chi connectivity index (χ4v) is 4.05. The van der Waals surface area contributed by atoms with Crippen molar-refractivity contribution in [3.8, 4) is 0 Å². The second-order valence-corrected chi connectivity index (χ2v) is 7.26. The Morgan fingerprint density at radius 1 is 1.56 bits per heavy atom. The molecule has 2 aromatic rings. The van der Waals surface area contributed by atoms with Gasteiger partial charge in [-0.15, -0.1) is 11.3 Å². The Kier molecular flexibility index (Phi) is 5.61. The number of imidazole rings is 1. The number of H-pyrrole nitrogens is 1. The third kappa shape index (κ3) is 3.96. The van der Waals surface area contributed by atoms with Crippen LogP contribution in [0.2, 0.25) is 5.15 Å². The maximum Gasteiger partial charge on any atom is 0.287 e. The lowest BCUT2D eigenvalue weighted by Gasteiger charge is -2.37. The maximum atomic E-state index is 12.5. The number of piperidine rings is 1. The van der Waals surface area contributed by atoms with E-state index in [1.54, 1.807) is 18.4 Å². The zero-order valence-electron chi connectivity index (χ0n) is 14.5. The van der Waals surface area contributed by atoms with Crippen molar-refractivity contribution in [1.29, 1.82) is 0 Å². The molecule has 0 spiro atoms. The SMILES string of the molecule is CCc1[nH]c(C(=O)N[C@@H]2CCN(c3nc(C)cs3)C[C@@H]2OC)nc1Cl. The Morgan fingerprint density at radius 2 is 2.36 bits per heavy atom. The van der Waals surface area contributed by atoms with Crippen LogP contribution in [0.3, 0.4) is 0 Å². The van der Waals surface area contributed by atoms with E-state index in [0.29, 0.717) is 18.1 Å². The Balaban J connectivity index is 1.65. The first kappa shape index (κ1) is 18.2. The van der Waals surface area contributed by atoms with E-state index < -0.39 is 0 Å². The van der Waals surface area contributed by atoms with Crippen LogP contribution >= 0.6 is 22.9 Å². The van der Waals surface area contributed by atoms with E-state index in [1.165, 1.54) is 0 Å². The first-order valence-electron chi connectivity index (χ1n) is 8.27. The molecule has 1 aliphatic heterocycles. The van der Waals surface area contributed by atoms with Crippen LogP contribution in [0.5, 0.6) is 0 Å². The molecule has 3 rings (SSSR count). The number of aromatic nitrogens is 3. The van der Waals surface area contributed by atoms with E-state index in [1.807, 2.05) is 19.2 Å². The van der Waals surface area contributed by atoms with Gasteiger partial charge in [0.25, 0.3) is 5.91 Å². The third-order valence-electron chi connectivity index (χ3n) is 4.35. The van der Waals surface area contributed by atoms with Crippen molar-refractivity contribution in [3.05, 3.63) is 27.7 Å². The van der Waals surface area contributed by atoms with Crippen molar-refractivity contribution in [2.45, 2.75) is 38.8 Å². The molecule has 2 N–H and O–H groups in total. The largest absolute Gasteiger partial charge is 0.377 e. The summed E-state index contributed by atoms with van der Waals surface area (Å²) in [7, 11) is 1.67. The highest BCUT2D eigenvalue weighted by Gasteiger charge is 2.32. The van der Waals surface area contributed by atoms with Gasteiger partial charge < -0.3 is 19.9 Å². The number of aromatic amines is 1. The maximum absolute atomic E-state index is 12.5. The third-order valence-corrected chi connectivity index (χ3v) is 5.68. The number of carbonyl (C=O) groups excluding carboxylic acids is 1. The van der Waals surface area contributed by atoms with E-state index >= 15 is 0 Å². The van der Waals surface area contributed by atoms with Crippen LogP contribution in [-0.2, 0) is 11.2 Å². The van der Waals surface area contributed by atoms with Gasteiger partial charge in [0.15, 0.2) is 16.1 Å². The van der Waals surface area contributed by atoms with Crippen LogP contribution < -0.4 is 10.2 Å². The number of carbonyl (C=O) groups is 1. The summed E-state index contributed by atoms with van der Waals surface area (Å²) in [6.07, 6.45) is 1.36. The first-order valence-corrected chi connectivity index (χ1v) is 9.52. The molecule has 3 heterocycles. The molecule has 0 bridgehead atoms. The summed E-state index contributed by atoms with van der Waals surface area (Å²) in [5, 5.41) is 6.40. The number of rotatable bonds is 5. The van der Waals surface area contributed by atoms with E-state index in [2.05, 4.69) is 25.2 Å². The Morgan fingerprint density at radius 3 is 2.96 bits per heavy atom. The number of ether oxygens (including phenoxy) is 1. The zero-order valence-corrected chi connectivity index (χ0v) is 16.1. The number of halogens is 1. The summed E-state index contributed by atoms with van der Waals surface area (Å²) in [6, 6.07) is -0.0799. The first-order chi connectivity index (χ1) is 12.0. The number of methoxy groups -OCH3 is 1. The summed E-state index contributed by atoms with van der Waals surface area (Å²) < 4.78 is 5.61. The molecule has 136 valence electrons. The second kappa shape index (κ2) is 7.72. The Hall–Kier alpha value is -1.64. The van der Waals surface area contributed by atoms with Gasteiger partial charge >= 0.3 is 0 Å². The fraction of sp³-hybridized carbons (Fsp3) is 0.562. The molecule has 2 aromatic heterocycles. The number of hydrogen-bond acceptors (Lipinski definition) is 6. The molecule has 1 amide bonds. The average molecular weight is 384 g/mol. The second-order valence-electron chi connectivity index (χ2n) is 6.07. The van der Waals surface area contributed by atoms with Gasteiger partial charge in [0.2, 0.25) is 0 Å². The molecule has 9 heteroatoms. The molecule has 0 unspecified atom stereocenters. The highest BCUT2D eigenvalue weighted by atomic mass is 35.5. The quantitative estimate of drug-likeness (QED) is 0.828. The Bertz CT molecular complexity index is 747. The monoisotopic (exact) mass is 383 g/mol. The number of hydrogen-bond donors (Lipinski definition) is 2. The molecule has 1 fully saturated rings. The Labute approximate surface area is 155 Å². The number of nitrogens with zero attached hydrogens (tertiary/aromatic N) is 3. The highest BCUT2D eigenvalue weighted by Crippen LogP contribution is 2.25. The molecular weight excluding hydrogens is 362 g/mol. The lowest BCUT2D eigenvalue weighted by atomic mass is 10.0. The number of amides is 1. The fourth-order valence-electron chi connectivity index (χ4n) is 2.95. The van der Waals surface area contributed by atoms with Crippen LogP contribution in [0.1, 0.15) is 35.4 Å². The van der Waals surface area contributed by atoms with Gasteiger partial charge in [0, 0.05) is 25.6 Å². The van der Waals surface area contributed by atoms with Crippen LogP contribution in [0.15, 0.2) is 5.38 Å². The molecule has 0 aromatic carbocycles. The van der Waals surface area contributed by atoms with Crippen LogP contribution in [0, 0.1) is 6.92 Å². The molecule has 0 aliphatic carbocycles. The lowest BCUT2D eigenvalue weighted by Crippen LogP contribution is -2.55. The smallest absolute Gasteiger partial charge is 0.287 e. The predicted molar refractivity (Wildman–Crippen MR) is 98.7 cm³/mol. The minimum atomic E-state index is -0.257. The van der Waals surface area contributed by atoms with Gasteiger partial charge in [-0.1, -0.05) is 18.5 Å². The molecule has 1 aliphatic rings. The molecule has 1 saturated heterocycles. The summed E-state index contributed by atoms with van der Waals surface area (Å²) in [5.74, 6) is -0.0122. The standard InChI is InChI=1S/C16H22ClN5O2S/c1-4-10-13(17)21-14(19-10)15(23)20-11-5-6-22(7-12(11)24-3)16-18-9(2)8-25-16/h8,11-12H,4-7H2,1-3H3,(H,19,21)(H,20,23)/t11-,12+/m1/s1. The number of nitrogens with one attached hydrogen (secondary N) is 2. The number of thiazole rings is 1. The summed E-state index contributed by atoms with van der Waals surface area (Å²) >= 11 is 7.65. The average Bonchev–Trinajstić information content (AvgIpc) is 3.20. The van der Waals surface area contributed by atoms with E-state index in [-0.39, 0.29) is 23.9 Å². The number of aryl methyl sites for hydroxylation is 2. The number of anilines is 1. The molecule has 2 atom stereocenters. The molecule has 7 nitrogen and oxygen atoms in total. The zero-order chi connectivity index (χ0) is 18.0. The van der Waals surface area contributed by atoms with Gasteiger partial charge in [0.1, 0.15) is 0 Å². The van der Waals surface area contributed by atoms with Crippen LogP contribution in [0.25, 0.3) is 0 Å². The molecule has 0 saturated carbocycles. The van der Waals surface area contributed by atoms with E-state index in [0.717, 1.165) is 29.5 Å². The van der Waals surface area contributed by atoms with Crippen LogP contribution in [0.4, 0.5) is 5.13 Å². The van der Waals surface area contributed by atoms with Crippen LogP contribution in [-0.4, -0.2) is 53.2 Å². The van der Waals surface area contributed by atoms with Crippen molar-refractivity contribution < 1.29 is 9.53 Å². The van der Waals surface area contributed by atoms with Gasteiger partial charge in [-0.2, -0.15) is 0 Å². The summed E-state index contributed by atoms with van der Waals surface area (Å²) in [5.41, 5.74) is 1.79. The molecular formula is C16H22ClN5O2S. The lowest BCUT2D eigenvalue weighted by molar-refractivity contribution is 0.0538. The normalized spacial score (nSPS) is 20.7. The van der Waals surface area contributed by atoms with Crippen molar-refractivity contribution >= 4 is 34.0 Å². The van der Waals surface area contributed by atoms with Gasteiger partial charge in [-0.3, -0.25) is 4.79 Å².